The highest BCUT2D eigenvalue weighted by Crippen LogP contribution is 2.23. The van der Waals surface area contributed by atoms with E-state index in [-0.39, 0.29) is 5.91 Å². The van der Waals surface area contributed by atoms with Crippen molar-refractivity contribution in [3.05, 3.63) is 52.3 Å². The molecular weight excluding hydrogens is 354 g/mol. The Hall–Kier alpha value is -1.88. The minimum Gasteiger partial charge on any atom is -0.354 e. The quantitative estimate of drug-likeness (QED) is 0.859. The molecule has 1 N–H and O–H groups in total. The molecule has 1 aromatic heterocycles. The van der Waals surface area contributed by atoms with Gasteiger partial charge in [0.25, 0.3) is 5.91 Å². The van der Waals surface area contributed by atoms with E-state index in [0.29, 0.717) is 5.69 Å². The predicted octanol–water partition coefficient (Wildman–Crippen LogP) is 4.52. The summed E-state index contributed by atoms with van der Waals surface area (Å²) in [5.74, 6) is 0.0377. The van der Waals surface area contributed by atoms with Crippen LogP contribution in [0.1, 0.15) is 35.3 Å². The Labute approximate surface area is 145 Å². The van der Waals surface area contributed by atoms with E-state index >= 15 is 0 Å². The molecule has 4 nitrogen and oxygen atoms in total. The molecule has 5 heteroatoms. The Kier molecular flexibility index (Phi) is 4.96. The first-order valence-corrected chi connectivity index (χ1v) is 8.71. The number of carbonyl (C=O) groups excluding carboxylic acids is 1. The maximum absolute atomic E-state index is 12.4. The van der Waals surface area contributed by atoms with Gasteiger partial charge in [-0.25, -0.2) is 4.98 Å². The lowest BCUT2D eigenvalue weighted by Crippen LogP contribution is -2.36. The van der Waals surface area contributed by atoms with E-state index < -0.39 is 0 Å². The van der Waals surface area contributed by atoms with Crippen LogP contribution in [0.3, 0.4) is 0 Å². The molecule has 0 radical (unpaired) electrons. The second kappa shape index (κ2) is 7.13. The van der Waals surface area contributed by atoms with Gasteiger partial charge in [0.15, 0.2) is 0 Å². The highest BCUT2D eigenvalue weighted by molar-refractivity contribution is 9.10. The van der Waals surface area contributed by atoms with E-state index in [2.05, 4.69) is 32.3 Å². The van der Waals surface area contributed by atoms with Crippen molar-refractivity contribution in [3.63, 3.8) is 0 Å². The third-order valence-corrected chi connectivity index (χ3v) is 4.96. The van der Waals surface area contributed by atoms with Crippen molar-refractivity contribution in [3.8, 4) is 0 Å². The summed E-state index contributed by atoms with van der Waals surface area (Å²) in [7, 11) is 0. The topological polar surface area (TPSA) is 45.2 Å². The van der Waals surface area contributed by atoms with E-state index in [1.165, 1.54) is 12.0 Å². The number of pyridine rings is 1. The van der Waals surface area contributed by atoms with E-state index in [1.807, 2.05) is 30.0 Å². The fourth-order valence-corrected chi connectivity index (χ4v) is 2.99. The Balaban J connectivity index is 1.68. The number of carbonyl (C=O) groups is 1. The molecule has 120 valence electrons. The van der Waals surface area contributed by atoms with Crippen LogP contribution in [0.25, 0.3) is 0 Å². The average molecular weight is 374 g/mol. The number of nitrogens with one attached hydrogen (secondary N) is 1. The maximum Gasteiger partial charge on any atom is 0.272 e. The molecule has 23 heavy (non-hydrogen) atoms. The third kappa shape index (κ3) is 3.91. The van der Waals surface area contributed by atoms with E-state index in [9.17, 15) is 4.79 Å². The van der Waals surface area contributed by atoms with E-state index in [0.717, 1.165) is 41.8 Å². The SMILES string of the molecule is Cc1cc(Nc2ccc(C(=O)N3CCCCC3)nc2)ccc1Br. The summed E-state index contributed by atoms with van der Waals surface area (Å²) in [5, 5.41) is 3.31. The van der Waals surface area contributed by atoms with Gasteiger partial charge in [0, 0.05) is 23.2 Å². The average Bonchev–Trinajstić information content (AvgIpc) is 2.59. The van der Waals surface area contributed by atoms with Crippen LogP contribution in [0.2, 0.25) is 0 Å². The normalized spacial score (nSPS) is 14.6. The summed E-state index contributed by atoms with van der Waals surface area (Å²) in [4.78, 5) is 18.6. The zero-order valence-corrected chi connectivity index (χ0v) is 14.8. The monoisotopic (exact) mass is 373 g/mol. The Bertz CT molecular complexity index is 694. The number of hydrogen-bond donors (Lipinski definition) is 1. The first kappa shape index (κ1) is 16.0. The van der Waals surface area contributed by atoms with Crippen LogP contribution in [0.15, 0.2) is 41.0 Å². The van der Waals surface area contributed by atoms with Crippen LogP contribution in [-0.4, -0.2) is 28.9 Å². The fourth-order valence-electron chi connectivity index (χ4n) is 2.74. The summed E-state index contributed by atoms with van der Waals surface area (Å²) in [6.45, 7) is 3.74. The minimum absolute atomic E-state index is 0.0377. The molecule has 0 atom stereocenters. The predicted molar refractivity (Wildman–Crippen MR) is 96.2 cm³/mol. The van der Waals surface area contributed by atoms with Crippen LogP contribution in [0.4, 0.5) is 11.4 Å². The molecule has 0 bridgehead atoms. The van der Waals surface area contributed by atoms with Crippen molar-refractivity contribution < 1.29 is 4.79 Å². The number of aryl methyl sites for hydroxylation is 1. The second-order valence-corrected chi connectivity index (χ2v) is 6.73. The van der Waals surface area contributed by atoms with Crippen molar-refractivity contribution in [2.45, 2.75) is 26.2 Å². The minimum atomic E-state index is 0.0377. The molecule has 1 amide bonds. The fraction of sp³-hybridized carbons (Fsp3) is 0.333. The molecular formula is C18H20BrN3O. The van der Waals surface area contributed by atoms with Gasteiger partial charge in [-0.2, -0.15) is 0 Å². The summed E-state index contributed by atoms with van der Waals surface area (Å²) >= 11 is 3.50. The van der Waals surface area contributed by atoms with Gasteiger partial charge in [-0.05, 0) is 62.1 Å². The van der Waals surface area contributed by atoms with Crippen molar-refractivity contribution in [1.82, 2.24) is 9.88 Å². The molecule has 2 aromatic rings. The largest absolute Gasteiger partial charge is 0.354 e. The van der Waals surface area contributed by atoms with E-state index in [4.69, 9.17) is 0 Å². The molecule has 0 saturated carbocycles. The van der Waals surface area contributed by atoms with Gasteiger partial charge in [-0.15, -0.1) is 0 Å². The summed E-state index contributed by atoms with van der Waals surface area (Å²) in [6.07, 6.45) is 5.11. The standard InChI is InChI=1S/C18H20BrN3O/c1-13-11-14(5-7-16(13)19)21-15-6-8-17(20-12-15)18(23)22-9-3-2-4-10-22/h5-8,11-12,21H,2-4,9-10H2,1H3. The number of halogens is 1. The summed E-state index contributed by atoms with van der Waals surface area (Å²) in [5.41, 5.74) is 3.56. The number of hydrogen-bond acceptors (Lipinski definition) is 3. The van der Waals surface area contributed by atoms with Crippen molar-refractivity contribution in [2.24, 2.45) is 0 Å². The summed E-state index contributed by atoms with van der Waals surface area (Å²) < 4.78 is 1.09. The first-order valence-electron chi connectivity index (χ1n) is 7.92. The number of likely N-dealkylation sites (tertiary alicyclic amines) is 1. The number of anilines is 2. The highest BCUT2D eigenvalue weighted by Gasteiger charge is 2.18. The number of piperidine rings is 1. The van der Waals surface area contributed by atoms with Crippen LogP contribution < -0.4 is 5.32 Å². The Morgan fingerprint density at radius 2 is 1.87 bits per heavy atom. The number of aromatic nitrogens is 1. The van der Waals surface area contributed by atoms with Gasteiger partial charge in [0.05, 0.1) is 11.9 Å². The number of amides is 1. The second-order valence-electron chi connectivity index (χ2n) is 5.87. The molecule has 1 aliphatic rings. The first-order chi connectivity index (χ1) is 11.1. The highest BCUT2D eigenvalue weighted by atomic mass is 79.9. The van der Waals surface area contributed by atoms with Crippen molar-refractivity contribution >= 4 is 33.2 Å². The van der Waals surface area contributed by atoms with Crippen LogP contribution in [-0.2, 0) is 0 Å². The van der Waals surface area contributed by atoms with Crippen molar-refractivity contribution in [1.29, 1.82) is 0 Å². The number of benzene rings is 1. The molecule has 1 saturated heterocycles. The maximum atomic E-state index is 12.4. The molecule has 0 unspecified atom stereocenters. The van der Waals surface area contributed by atoms with Gasteiger partial charge < -0.3 is 10.2 Å². The number of rotatable bonds is 3. The Morgan fingerprint density at radius 3 is 2.52 bits per heavy atom. The van der Waals surface area contributed by atoms with Crippen LogP contribution >= 0.6 is 15.9 Å². The zero-order chi connectivity index (χ0) is 16.2. The molecule has 1 fully saturated rings. The van der Waals surface area contributed by atoms with Crippen molar-refractivity contribution in [2.75, 3.05) is 18.4 Å². The van der Waals surface area contributed by atoms with E-state index in [1.54, 1.807) is 12.3 Å². The van der Waals surface area contributed by atoms with Crippen LogP contribution in [0.5, 0.6) is 0 Å². The lowest BCUT2D eigenvalue weighted by atomic mass is 10.1. The number of nitrogens with zero attached hydrogens (tertiary/aromatic N) is 2. The van der Waals surface area contributed by atoms with Gasteiger partial charge in [0.2, 0.25) is 0 Å². The lowest BCUT2D eigenvalue weighted by Gasteiger charge is -2.26. The molecule has 1 aromatic carbocycles. The van der Waals surface area contributed by atoms with Gasteiger partial charge in [-0.1, -0.05) is 15.9 Å². The Morgan fingerprint density at radius 1 is 1.13 bits per heavy atom. The lowest BCUT2D eigenvalue weighted by molar-refractivity contribution is 0.0718. The van der Waals surface area contributed by atoms with Gasteiger partial charge >= 0.3 is 0 Å². The molecule has 0 aliphatic carbocycles. The summed E-state index contributed by atoms with van der Waals surface area (Å²) in [6, 6.07) is 9.78. The molecule has 0 spiro atoms. The molecule has 3 rings (SSSR count). The third-order valence-electron chi connectivity index (χ3n) is 4.07. The van der Waals surface area contributed by atoms with Crippen LogP contribution in [0, 0.1) is 6.92 Å². The zero-order valence-electron chi connectivity index (χ0n) is 13.2. The smallest absolute Gasteiger partial charge is 0.272 e. The van der Waals surface area contributed by atoms with Gasteiger partial charge in [0.1, 0.15) is 5.69 Å². The molecule has 1 aliphatic heterocycles. The molecule has 2 heterocycles. The van der Waals surface area contributed by atoms with Gasteiger partial charge in [-0.3, -0.25) is 4.79 Å².